The quantitative estimate of drug-likeness (QED) is 0.481. The number of nitrogens with two attached hydrogens (primary N) is 1. The van der Waals surface area contributed by atoms with Gasteiger partial charge in [-0.3, -0.25) is 0 Å². The van der Waals surface area contributed by atoms with E-state index in [0.717, 1.165) is 59.7 Å². The lowest BCUT2D eigenvalue weighted by molar-refractivity contribution is 0.205. The van der Waals surface area contributed by atoms with Gasteiger partial charge in [0.1, 0.15) is 29.3 Å². The first kappa shape index (κ1) is 21.8. The summed E-state index contributed by atoms with van der Waals surface area (Å²) in [5, 5.41) is 5.77. The molecular formula is C25H30N6O. The van der Waals surface area contributed by atoms with Gasteiger partial charge >= 0.3 is 0 Å². The molecule has 1 aliphatic heterocycles. The molecule has 4 aromatic rings. The number of ether oxygens (including phenoxy) is 1. The molecule has 2 aromatic carbocycles. The number of benzene rings is 2. The largest absolute Gasteiger partial charge is 0.457 e. The number of para-hydroxylation sites is 1. The maximum Gasteiger partial charge on any atom is 0.164 e. The van der Waals surface area contributed by atoms with Crippen LogP contribution in [0.4, 0.5) is 5.82 Å². The van der Waals surface area contributed by atoms with Crippen molar-refractivity contribution in [2.24, 2.45) is 0 Å². The Balaban J connectivity index is 0.00000119. The number of piperidine rings is 1. The van der Waals surface area contributed by atoms with Gasteiger partial charge in [0.25, 0.3) is 0 Å². The van der Waals surface area contributed by atoms with Crippen LogP contribution in [-0.4, -0.2) is 44.8 Å². The zero-order chi connectivity index (χ0) is 22.5. The number of fused-ring (bicyclic) bond motifs is 1. The second-order valence-electron chi connectivity index (χ2n) is 7.75. The lowest BCUT2D eigenvalue weighted by atomic mass is 10.1. The van der Waals surface area contributed by atoms with E-state index >= 15 is 0 Å². The van der Waals surface area contributed by atoms with Gasteiger partial charge in [-0.15, -0.1) is 0 Å². The van der Waals surface area contributed by atoms with Crippen LogP contribution in [0, 0.1) is 0 Å². The minimum Gasteiger partial charge on any atom is -0.457 e. The second-order valence-corrected chi connectivity index (χ2v) is 7.75. The summed E-state index contributed by atoms with van der Waals surface area (Å²) in [4.78, 5) is 11.1. The smallest absolute Gasteiger partial charge is 0.164 e. The molecule has 1 atom stereocenters. The number of nitrogens with zero attached hydrogens (tertiary/aromatic N) is 5. The molecule has 0 radical (unpaired) electrons. The summed E-state index contributed by atoms with van der Waals surface area (Å²) in [5.74, 6) is 2.03. The molecule has 5 rings (SSSR count). The third-order valence-electron chi connectivity index (χ3n) is 5.57. The fourth-order valence-corrected chi connectivity index (χ4v) is 4.10. The average molecular weight is 431 g/mol. The van der Waals surface area contributed by atoms with Gasteiger partial charge in [-0.25, -0.2) is 14.6 Å². The van der Waals surface area contributed by atoms with Crippen molar-refractivity contribution in [2.75, 3.05) is 25.9 Å². The summed E-state index contributed by atoms with van der Waals surface area (Å²) in [6.07, 6.45) is 3.74. The zero-order valence-electron chi connectivity index (χ0n) is 18.9. The summed E-state index contributed by atoms with van der Waals surface area (Å²) in [6, 6.07) is 17.9. The first-order chi connectivity index (χ1) is 15.7. The molecule has 0 aliphatic carbocycles. The molecule has 2 aromatic heterocycles. The summed E-state index contributed by atoms with van der Waals surface area (Å²) >= 11 is 0. The summed E-state index contributed by atoms with van der Waals surface area (Å²) in [7, 11) is 2.15. The molecular weight excluding hydrogens is 400 g/mol. The number of likely N-dealkylation sites (N-methyl/N-ethyl adjacent to an activating group) is 1. The highest BCUT2D eigenvalue weighted by molar-refractivity contribution is 5.98. The van der Waals surface area contributed by atoms with Gasteiger partial charge < -0.3 is 15.4 Å². The molecule has 0 saturated carbocycles. The Labute approximate surface area is 188 Å². The molecule has 0 spiro atoms. The highest BCUT2D eigenvalue weighted by Crippen LogP contribution is 2.34. The van der Waals surface area contributed by atoms with E-state index in [1.807, 2.05) is 73.1 Å². The van der Waals surface area contributed by atoms with E-state index in [1.165, 1.54) is 6.33 Å². The average Bonchev–Trinajstić information content (AvgIpc) is 3.23. The minimum atomic E-state index is 0.273. The number of aromatic nitrogens is 4. The van der Waals surface area contributed by atoms with Crippen LogP contribution in [0.2, 0.25) is 0 Å². The van der Waals surface area contributed by atoms with Gasteiger partial charge in [-0.2, -0.15) is 5.10 Å². The van der Waals surface area contributed by atoms with E-state index in [4.69, 9.17) is 15.6 Å². The van der Waals surface area contributed by atoms with Gasteiger partial charge in [0, 0.05) is 12.1 Å². The van der Waals surface area contributed by atoms with Crippen LogP contribution >= 0.6 is 0 Å². The number of anilines is 1. The Morgan fingerprint density at radius 2 is 1.69 bits per heavy atom. The molecule has 1 saturated heterocycles. The molecule has 7 heteroatoms. The monoisotopic (exact) mass is 430 g/mol. The van der Waals surface area contributed by atoms with E-state index in [9.17, 15) is 0 Å². The molecule has 0 amide bonds. The molecule has 1 fully saturated rings. The fourth-order valence-electron chi connectivity index (χ4n) is 4.10. The highest BCUT2D eigenvalue weighted by atomic mass is 16.5. The summed E-state index contributed by atoms with van der Waals surface area (Å²) in [5.41, 5.74) is 8.82. The Bertz CT molecular complexity index is 1160. The number of hydrogen-bond acceptors (Lipinski definition) is 6. The van der Waals surface area contributed by atoms with Gasteiger partial charge in [0.15, 0.2) is 5.65 Å². The Morgan fingerprint density at radius 3 is 2.41 bits per heavy atom. The zero-order valence-corrected chi connectivity index (χ0v) is 18.9. The number of likely N-dealkylation sites (tertiary alicyclic amines) is 1. The molecule has 166 valence electrons. The van der Waals surface area contributed by atoms with E-state index in [0.29, 0.717) is 5.82 Å². The SMILES string of the molecule is CC.CN1CCCC(n2nc(-c3ccc(Oc4ccccc4)cc3)c3c(N)ncnc32)C1. The number of nitrogen functional groups attached to an aromatic ring is 1. The van der Waals surface area contributed by atoms with Crippen molar-refractivity contribution in [3.63, 3.8) is 0 Å². The van der Waals surface area contributed by atoms with Crippen LogP contribution < -0.4 is 10.5 Å². The molecule has 1 unspecified atom stereocenters. The van der Waals surface area contributed by atoms with Gasteiger partial charge in [-0.1, -0.05) is 32.0 Å². The molecule has 7 nitrogen and oxygen atoms in total. The van der Waals surface area contributed by atoms with Crippen LogP contribution in [0.5, 0.6) is 11.5 Å². The predicted molar refractivity (Wildman–Crippen MR) is 129 cm³/mol. The Kier molecular flexibility index (Phi) is 6.66. The summed E-state index contributed by atoms with van der Waals surface area (Å²) in [6.45, 7) is 6.06. The van der Waals surface area contributed by atoms with Crippen LogP contribution in [0.3, 0.4) is 0 Å². The van der Waals surface area contributed by atoms with Crippen molar-refractivity contribution in [3.8, 4) is 22.8 Å². The highest BCUT2D eigenvalue weighted by Gasteiger charge is 2.25. The lowest BCUT2D eigenvalue weighted by Crippen LogP contribution is -2.34. The van der Waals surface area contributed by atoms with E-state index in [2.05, 4.69) is 21.9 Å². The van der Waals surface area contributed by atoms with Crippen molar-refractivity contribution in [1.82, 2.24) is 24.6 Å². The van der Waals surface area contributed by atoms with Crippen molar-refractivity contribution < 1.29 is 4.74 Å². The standard InChI is InChI=1S/C23H24N6O.C2H6/c1-28-13-5-6-17(14-28)29-23-20(22(24)25-15-26-23)21(27-29)16-9-11-19(12-10-16)30-18-7-3-2-4-8-18;1-2/h2-4,7-12,15,17H,5-6,13-14H2,1H3,(H2,24,25,26);1-2H3. The normalized spacial score (nSPS) is 16.4. The molecule has 32 heavy (non-hydrogen) atoms. The first-order valence-corrected chi connectivity index (χ1v) is 11.2. The van der Waals surface area contributed by atoms with E-state index in [-0.39, 0.29) is 6.04 Å². The fraction of sp³-hybridized carbons (Fsp3) is 0.320. The Hall–Kier alpha value is -3.45. The van der Waals surface area contributed by atoms with Crippen LogP contribution in [-0.2, 0) is 0 Å². The number of rotatable bonds is 4. The topological polar surface area (TPSA) is 82.1 Å². The van der Waals surface area contributed by atoms with Crippen molar-refractivity contribution in [2.45, 2.75) is 32.7 Å². The van der Waals surface area contributed by atoms with Crippen molar-refractivity contribution in [1.29, 1.82) is 0 Å². The van der Waals surface area contributed by atoms with Crippen molar-refractivity contribution in [3.05, 3.63) is 60.9 Å². The lowest BCUT2D eigenvalue weighted by Gasteiger charge is -2.29. The van der Waals surface area contributed by atoms with Crippen LogP contribution in [0.1, 0.15) is 32.7 Å². The van der Waals surface area contributed by atoms with Gasteiger partial charge in [0.05, 0.1) is 11.4 Å². The molecule has 3 heterocycles. The second kappa shape index (κ2) is 9.78. The van der Waals surface area contributed by atoms with Crippen LogP contribution in [0.15, 0.2) is 60.9 Å². The third-order valence-corrected chi connectivity index (χ3v) is 5.57. The van der Waals surface area contributed by atoms with Gasteiger partial charge in [-0.05, 0) is 62.8 Å². The molecule has 1 aliphatic rings. The molecule has 0 bridgehead atoms. The first-order valence-electron chi connectivity index (χ1n) is 11.2. The maximum absolute atomic E-state index is 6.26. The maximum atomic E-state index is 6.26. The van der Waals surface area contributed by atoms with Crippen LogP contribution in [0.25, 0.3) is 22.3 Å². The van der Waals surface area contributed by atoms with E-state index in [1.54, 1.807) is 0 Å². The van der Waals surface area contributed by atoms with E-state index < -0.39 is 0 Å². The third kappa shape index (κ3) is 4.43. The minimum absolute atomic E-state index is 0.273. The van der Waals surface area contributed by atoms with Crippen molar-refractivity contribution >= 4 is 16.9 Å². The Morgan fingerprint density at radius 1 is 0.969 bits per heavy atom. The number of hydrogen-bond donors (Lipinski definition) is 1. The predicted octanol–water partition coefficient (Wildman–Crippen LogP) is 5.16. The van der Waals surface area contributed by atoms with Gasteiger partial charge in [0.2, 0.25) is 0 Å². The summed E-state index contributed by atoms with van der Waals surface area (Å²) < 4.78 is 7.95. The molecule has 2 N–H and O–H groups in total.